The summed E-state index contributed by atoms with van der Waals surface area (Å²) in [6, 6.07) is 12.6. The number of nitrogens with zero attached hydrogens (tertiary/aromatic N) is 4. The molecule has 1 N–H and O–H groups in total. The van der Waals surface area contributed by atoms with E-state index in [9.17, 15) is 22.9 Å². The molecule has 3 atom stereocenters. The van der Waals surface area contributed by atoms with E-state index < -0.39 is 21.7 Å². The first-order chi connectivity index (χ1) is 19.3. The molecule has 0 radical (unpaired) electrons. The minimum atomic E-state index is -2.97. The van der Waals surface area contributed by atoms with Gasteiger partial charge in [-0.3, -0.25) is 9.78 Å². The van der Waals surface area contributed by atoms with Gasteiger partial charge in [0.05, 0.1) is 40.0 Å². The topological polar surface area (TPSA) is 116 Å². The largest absolute Gasteiger partial charge is 0.369 e. The van der Waals surface area contributed by atoms with Crippen molar-refractivity contribution in [2.24, 2.45) is 5.92 Å². The van der Waals surface area contributed by atoms with Gasteiger partial charge in [-0.15, -0.1) is 11.3 Å². The number of rotatable bonds is 7. The molecule has 40 heavy (non-hydrogen) atoms. The molecule has 1 aliphatic heterocycles. The molecule has 11 heteroatoms. The molecular weight excluding hydrogens is 549 g/mol. The first-order valence-corrected chi connectivity index (χ1v) is 16.3. The molecule has 1 aliphatic carbocycles. The summed E-state index contributed by atoms with van der Waals surface area (Å²) in [4.78, 5) is 25.6. The molecule has 1 aromatic carbocycles. The smallest absolute Gasteiger partial charge is 0.224 e. The summed E-state index contributed by atoms with van der Waals surface area (Å²) in [7, 11) is -2.97. The second-order valence-corrected chi connectivity index (χ2v) is 13.7. The number of nitriles is 1. The highest BCUT2D eigenvalue weighted by molar-refractivity contribution is 7.91. The summed E-state index contributed by atoms with van der Waals surface area (Å²) in [5, 5.41) is 13.0. The third kappa shape index (κ3) is 6.18. The second kappa shape index (κ2) is 12.0. The van der Waals surface area contributed by atoms with Crippen molar-refractivity contribution >= 4 is 32.8 Å². The number of carbonyl (C=O) groups is 1. The summed E-state index contributed by atoms with van der Waals surface area (Å²) in [6.45, 7) is 2.81. The van der Waals surface area contributed by atoms with Crippen LogP contribution in [0.5, 0.6) is 0 Å². The van der Waals surface area contributed by atoms with E-state index in [-0.39, 0.29) is 29.2 Å². The molecule has 3 unspecified atom stereocenters. The van der Waals surface area contributed by atoms with E-state index in [1.807, 2.05) is 31.2 Å². The standard InChI is InChI=1S/C29H32FN5O3S2/c1-2-21(17-31)33-28(36)24-6-4-3-5-23(24)26-27(39-29(34-26)25-12-9-20(30)18-32-25)19-7-10-22(11-8-19)35-13-15-40(37,38)16-14-35/h7-12,18,21,23-24H,2-6,13-16H2,1H3,(H,33,36). The van der Waals surface area contributed by atoms with E-state index in [2.05, 4.69) is 21.3 Å². The number of benzene rings is 1. The van der Waals surface area contributed by atoms with Crippen molar-refractivity contribution in [3.63, 3.8) is 0 Å². The molecule has 1 saturated carbocycles. The van der Waals surface area contributed by atoms with Gasteiger partial charge in [-0.05, 0) is 49.1 Å². The van der Waals surface area contributed by atoms with E-state index in [1.54, 1.807) is 6.07 Å². The van der Waals surface area contributed by atoms with Crippen molar-refractivity contribution in [1.82, 2.24) is 15.3 Å². The number of carbonyl (C=O) groups excluding carboxylic acids is 1. The SMILES string of the molecule is CCC(C#N)NC(=O)C1CCCCC1c1nc(-c2ccc(F)cn2)sc1-c1ccc(N2CCS(=O)(=O)CC2)cc1. The van der Waals surface area contributed by atoms with E-state index in [1.165, 1.54) is 23.6 Å². The van der Waals surface area contributed by atoms with Crippen molar-refractivity contribution in [2.75, 3.05) is 29.5 Å². The maximum atomic E-state index is 13.6. The van der Waals surface area contributed by atoms with Gasteiger partial charge in [0.1, 0.15) is 16.9 Å². The number of hydrogen-bond acceptors (Lipinski definition) is 8. The molecule has 2 aromatic heterocycles. The molecule has 8 nitrogen and oxygen atoms in total. The van der Waals surface area contributed by atoms with Gasteiger partial charge in [-0.25, -0.2) is 17.8 Å². The third-order valence-electron chi connectivity index (χ3n) is 7.77. The van der Waals surface area contributed by atoms with Crippen LogP contribution in [0.4, 0.5) is 10.1 Å². The highest BCUT2D eigenvalue weighted by Crippen LogP contribution is 2.45. The number of thiazole rings is 1. The lowest BCUT2D eigenvalue weighted by atomic mass is 9.76. The van der Waals surface area contributed by atoms with Crippen LogP contribution < -0.4 is 10.2 Å². The minimum absolute atomic E-state index is 0.117. The molecular formula is C29H32FN5O3S2. The zero-order chi connectivity index (χ0) is 28.3. The average molecular weight is 582 g/mol. The maximum absolute atomic E-state index is 13.6. The van der Waals surface area contributed by atoms with Crippen LogP contribution in [0, 0.1) is 23.1 Å². The third-order valence-corrected chi connectivity index (χ3v) is 10.5. The summed E-state index contributed by atoms with van der Waals surface area (Å²) in [5.74, 6) is -0.671. The zero-order valence-electron chi connectivity index (χ0n) is 22.3. The molecule has 3 heterocycles. The van der Waals surface area contributed by atoms with Crippen LogP contribution >= 0.6 is 11.3 Å². The number of nitrogens with one attached hydrogen (secondary N) is 1. The molecule has 1 saturated heterocycles. The molecule has 0 spiro atoms. The Morgan fingerprint density at radius 3 is 2.55 bits per heavy atom. The summed E-state index contributed by atoms with van der Waals surface area (Å²) in [5.41, 5.74) is 3.30. The first kappa shape index (κ1) is 28.2. The fourth-order valence-electron chi connectivity index (χ4n) is 5.47. The van der Waals surface area contributed by atoms with E-state index in [0.29, 0.717) is 30.2 Å². The van der Waals surface area contributed by atoms with Crippen LogP contribution in [0.15, 0.2) is 42.6 Å². The Hall–Kier alpha value is -3.36. The van der Waals surface area contributed by atoms with E-state index in [4.69, 9.17) is 4.98 Å². The number of anilines is 1. The predicted molar refractivity (Wildman–Crippen MR) is 154 cm³/mol. The van der Waals surface area contributed by atoms with Gasteiger partial charge in [0, 0.05) is 30.6 Å². The lowest BCUT2D eigenvalue weighted by molar-refractivity contribution is -0.127. The Bertz CT molecular complexity index is 1490. The summed E-state index contributed by atoms with van der Waals surface area (Å²) < 4.78 is 37.3. The van der Waals surface area contributed by atoms with Crippen molar-refractivity contribution in [2.45, 2.75) is 51.0 Å². The Labute approximate surface area is 238 Å². The Balaban J connectivity index is 1.50. The average Bonchev–Trinajstić information content (AvgIpc) is 3.41. The highest BCUT2D eigenvalue weighted by Gasteiger charge is 2.36. The zero-order valence-corrected chi connectivity index (χ0v) is 24.0. The summed E-state index contributed by atoms with van der Waals surface area (Å²) in [6.07, 6.45) is 5.14. The summed E-state index contributed by atoms with van der Waals surface area (Å²) >= 11 is 1.47. The Morgan fingerprint density at radius 1 is 1.18 bits per heavy atom. The highest BCUT2D eigenvalue weighted by atomic mass is 32.2. The predicted octanol–water partition coefficient (Wildman–Crippen LogP) is 4.94. The molecule has 2 aliphatic rings. The van der Waals surface area contributed by atoms with E-state index >= 15 is 0 Å². The molecule has 210 valence electrons. The number of halogens is 1. The van der Waals surface area contributed by atoms with Gasteiger partial charge >= 0.3 is 0 Å². The van der Waals surface area contributed by atoms with Crippen LogP contribution in [-0.2, 0) is 14.6 Å². The van der Waals surface area contributed by atoms with Crippen LogP contribution in [0.2, 0.25) is 0 Å². The van der Waals surface area contributed by atoms with Crippen LogP contribution in [0.25, 0.3) is 21.1 Å². The van der Waals surface area contributed by atoms with Crippen molar-refractivity contribution in [1.29, 1.82) is 5.26 Å². The normalized spacial score (nSPS) is 21.4. The van der Waals surface area contributed by atoms with Crippen LogP contribution in [0.1, 0.15) is 50.6 Å². The molecule has 0 bridgehead atoms. The Morgan fingerprint density at radius 2 is 1.90 bits per heavy atom. The van der Waals surface area contributed by atoms with Gasteiger partial charge in [0.15, 0.2) is 9.84 Å². The number of pyridine rings is 1. The van der Waals surface area contributed by atoms with Gasteiger partial charge in [-0.1, -0.05) is 31.9 Å². The fourth-order valence-corrected chi connectivity index (χ4v) is 7.79. The quantitative estimate of drug-likeness (QED) is 0.420. The lowest BCUT2D eigenvalue weighted by Gasteiger charge is -2.31. The fraction of sp³-hybridized carbons (Fsp3) is 0.448. The maximum Gasteiger partial charge on any atom is 0.224 e. The number of sulfone groups is 1. The second-order valence-electron chi connectivity index (χ2n) is 10.4. The molecule has 2 fully saturated rings. The minimum Gasteiger partial charge on any atom is -0.369 e. The Kier molecular flexibility index (Phi) is 8.47. The lowest BCUT2D eigenvalue weighted by Crippen LogP contribution is -2.41. The van der Waals surface area contributed by atoms with Crippen LogP contribution in [-0.4, -0.2) is 54.9 Å². The number of aromatic nitrogens is 2. The number of hydrogen-bond donors (Lipinski definition) is 1. The van der Waals surface area contributed by atoms with E-state index in [0.717, 1.165) is 47.5 Å². The van der Waals surface area contributed by atoms with Crippen LogP contribution in [0.3, 0.4) is 0 Å². The van der Waals surface area contributed by atoms with Gasteiger partial charge in [-0.2, -0.15) is 5.26 Å². The van der Waals surface area contributed by atoms with Gasteiger partial charge in [0.25, 0.3) is 0 Å². The van der Waals surface area contributed by atoms with Crippen molar-refractivity contribution in [3.8, 4) is 27.2 Å². The monoisotopic (exact) mass is 581 g/mol. The van der Waals surface area contributed by atoms with Crippen molar-refractivity contribution < 1.29 is 17.6 Å². The molecule has 3 aromatic rings. The van der Waals surface area contributed by atoms with Crippen molar-refractivity contribution in [3.05, 3.63) is 54.1 Å². The molecule has 1 amide bonds. The molecule has 5 rings (SSSR count). The first-order valence-electron chi connectivity index (χ1n) is 13.7. The number of amides is 1. The van der Waals surface area contributed by atoms with Gasteiger partial charge < -0.3 is 10.2 Å². The van der Waals surface area contributed by atoms with Gasteiger partial charge in [0.2, 0.25) is 5.91 Å².